The van der Waals surface area contributed by atoms with Gasteiger partial charge in [0.25, 0.3) is 0 Å². The second-order valence-electron chi connectivity index (χ2n) is 7.10. The highest BCUT2D eigenvalue weighted by atomic mass is 32.2. The first-order chi connectivity index (χ1) is 15.9. The van der Waals surface area contributed by atoms with Gasteiger partial charge in [-0.1, -0.05) is 56.4 Å². The van der Waals surface area contributed by atoms with Gasteiger partial charge < -0.3 is 10.3 Å². The zero-order chi connectivity index (χ0) is 24.8. The van der Waals surface area contributed by atoms with Crippen molar-refractivity contribution < 1.29 is 4.21 Å². The molecular formula is C27H36N4OS. The second-order valence-corrected chi connectivity index (χ2v) is 8.48. The summed E-state index contributed by atoms with van der Waals surface area (Å²) in [5.74, 6) is 0.757. The highest BCUT2D eigenvalue weighted by Crippen LogP contribution is 2.31. The zero-order valence-corrected chi connectivity index (χ0v) is 21.6. The van der Waals surface area contributed by atoms with Crippen molar-refractivity contribution in [3.05, 3.63) is 84.9 Å². The van der Waals surface area contributed by atoms with Crippen molar-refractivity contribution in [3.8, 4) is 22.6 Å². The van der Waals surface area contributed by atoms with Gasteiger partial charge in [0.15, 0.2) is 0 Å². The molecule has 5 nitrogen and oxygen atoms in total. The molecule has 0 aliphatic rings. The number of pyridine rings is 1. The molecule has 2 heterocycles. The number of aromatic nitrogens is 3. The van der Waals surface area contributed by atoms with Crippen LogP contribution in [0.25, 0.3) is 28.2 Å². The summed E-state index contributed by atoms with van der Waals surface area (Å²) < 4.78 is 11.7. The molecule has 0 aliphatic carbocycles. The molecule has 0 saturated heterocycles. The lowest BCUT2D eigenvalue weighted by molar-refractivity contribution is 0.687. The van der Waals surface area contributed by atoms with Gasteiger partial charge in [0, 0.05) is 51.0 Å². The van der Waals surface area contributed by atoms with Gasteiger partial charge in [-0.25, -0.2) is 4.98 Å². The number of benzene rings is 1. The molecule has 0 bridgehead atoms. The molecule has 0 spiro atoms. The van der Waals surface area contributed by atoms with Crippen LogP contribution in [0.2, 0.25) is 0 Å². The van der Waals surface area contributed by atoms with Crippen LogP contribution in [0.15, 0.2) is 84.1 Å². The number of imidazole rings is 1. The fraction of sp³-hybridized carbons (Fsp3) is 0.259. The molecule has 1 atom stereocenters. The van der Waals surface area contributed by atoms with Gasteiger partial charge in [0.2, 0.25) is 0 Å². The summed E-state index contributed by atoms with van der Waals surface area (Å²) in [5.41, 5.74) is 5.87. The Labute approximate surface area is 201 Å². The molecule has 33 heavy (non-hydrogen) atoms. The first-order valence-electron chi connectivity index (χ1n) is 10.9. The summed E-state index contributed by atoms with van der Waals surface area (Å²) in [4.78, 5) is 13.3. The SMILES string of the molecule is C=C/C=C(\C=C(C)C)c1nc(-c2ccc(S(C)=O)cc2)[nH]c1-c1ccncc1.CC.CNC. The van der Waals surface area contributed by atoms with E-state index in [1.54, 1.807) is 24.7 Å². The van der Waals surface area contributed by atoms with Crippen LogP contribution in [0.1, 0.15) is 33.4 Å². The lowest BCUT2D eigenvalue weighted by atomic mass is 10.0. The Morgan fingerprint density at radius 3 is 2.09 bits per heavy atom. The molecule has 6 heteroatoms. The van der Waals surface area contributed by atoms with E-state index < -0.39 is 10.8 Å². The van der Waals surface area contributed by atoms with E-state index in [4.69, 9.17) is 4.98 Å². The lowest BCUT2D eigenvalue weighted by Crippen LogP contribution is -1.89. The van der Waals surface area contributed by atoms with Crippen molar-refractivity contribution in [1.82, 2.24) is 20.3 Å². The maximum absolute atomic E-state index is 11.7. The summed E-state index contributed by atoms with van der Waals surface area (Å²) in [6.45, 7) is 12.0. The van der Waals surface area contributed by atoms with E-state index in [2.05, 4.69) is 41.8 Å². The van der Waals surface area contributed by atoms with E-state index in [1.165, 1.54) is 5.57 Å². The van der Waals surface area contributed by atoms with Gasteiger partial charge in [0.1, 0.15) is 5.82 Å². The van der Waals surface area contributed by atoms with Crippen LogP contribution in [-0.2, 0) is 10.8 Å². The summed E-state index contributed by atoms with van der Waals surface area (Å²) in [6.07, 6.45) is 11.0. The van der Waals surface area contributed by atoms with Gasteiger partial charge in [0.05, 0.1) is 11.4 Å². The van der Waals surface area contributed by atoms with Crippen LogP contribution in [-0.4, -0.2) is 39.5 Å². The third-order valence-electron chi connectivity index (χ3n) is 4.15. The number of allylic oxidation sites excluding steroid dienone is 5. The van der Waals surface area contributed by atoms with Crippen molar-refractivity contribution in [2.24, 2.45) is 0 Å². The minimum absolute atomic E-state index is 0.757. The summed E-state index contributed by atoms with van der Waals surface area (Å²) in [7, 11) is 2.75. The number of nitrogens with one attached hydrogen (secondary N) is 2. The minimum atomic E-state index is -1.00. The predicted molar refractivity (Wildman–Crippen MR) is 144 cm³/mol. The number of hydrogen-bond donors (Lipinski definition) is 2. The third kappa shape index (κ3) is 8.40. The number of hydrogen-bond acceptors (Lipinski definition) is 4. The Morgan fingerprint density at radius 1 is 1.03 bits per heavy atom. The molecule has 0 fully saturated rings. The average molecular weight is 465 g/mol. The van der Waals surface area contributed by atoms with Gasteiger partial charge in [-0.05, 0) is 52.2 Å². The highest BCUT2D eigenvalue weighted by Gasteiger charge is 2.16. The molecule has 3 rings (SSSR count). The number of nitrogens with zero attached hydrogens (tertiary/aromatic N) is 2. The molecule has 1 aromatic carbocycles. The third-order valence-corrected chi connectivity index (χ3v) is 5.08. The van der Waals surface area contributed by atoms with E-state index in [0.29, 0.717) is 0 Å². The lowest BCUT2D eigenvalue weighted by Gasteiger charge is -2.04. The summed E-state index contributed by atoms with van der Waals surface area (Å²) >= 11 is 0. The quantitative estimate of drug-likeness (QED) is 0.422. The van der Waals surface area contributed by atoms with Crippen molar-refractivity contribution in [1.29, 1.82) is 0 Å². The Hall–Kier alpha value is -3.09. The Morgan fingerprint density at radius 2 is 1.61 bits per heavy atom. The largest absolute Gasteiger partial charge is 0.337 e. The second kappa shape index (κ2) is 14.9. The maximum atomic E-state index is 11.7. The van der Waals surface area contributed by atoms with Gasteiger partial charge in [-0.15, -0.1) is 0 Å². The van der Waals surface area contributed by atoms with Crippen molar-refractivity contribution >= 4 is 16.4 Å². The number of rotatable bonds is 6. The van der Waals surface area contributed by atoms with Crippen molar-refractivity contribution in [2.75, 3.05) is 20.4 Å². The molecule has 0 amide bonds. The van der Waals surface area contributed by atoms with Crippen LogP contribution < -0.4 is 5.32 Å². The van der Waals surface area contributed by atoms with E-state index in [0.717, 1.165) is 38.8 Å². The maximum Gasteiger partial charge on any atom is 0.138 e. The monoisotopic (exact) mass is 464 g/mol. The smallest absolute Gasteiger partial charge is 0.138 e. The molecule has 0 saturated carbocycles. The van der Waals surface area contributed by atoms with Crippen LogP contribution in [0.4, 0.5) is 0 Å². The van der Waals surface area contributed by atoms with Gasteiger partial charge >= 0.3 is 0 Å². The summed E-state index contributed by atoms with van der Waals surface area (Å²) in [5, 5.41) is 2.75. The standard InChI is InChI=1S/C23H23N3OS.C2H7N.C2H6/c1-5-6-19(15-16(2)3)22-21(17-11-13-24-14-12-17)25-23(26-22)18-7-9-20(10-8-18)28(4)27;1-3-2;1-2/h5-15H,1H2,2-4H3,(H,25,26);3H,1-2H3;1-2H3/b19-6+;;. The van der Waals surface area contributed by atoms with E-state index in [1.807, 2.05) is 70.4 Å². The molecule has 0 aliphatic heterocycles. The topological polar surface area (TPSA) is 70.7 Å². The molecule has 0 radical (unpaired) electrons. The fourth-order valence-electron chi connectivity index (χ4n) is 2.88. The highest BCUT2D eigenvalue weighted by molar-refractivity contribution is 7.84. The molecular weight excluding hydrogens is 428 g/mol. The molecule has 1 unspecified atom stereocenters. The van der Waals surface area contributed by atoms with Crippen LogP contribution >= 0.6 is 0 Å². The summed E-state index contributed by atoms with van der Waals surface area (Å²) in [6, 6.07) is 11.5. The Bertz CT molecular complexity index is 1080. The van der Waals surface area contributed by atoms with Crippen LogP contribution in [0.3, 0.4) is 0 Å². The van der Waals surface area contributed by atoms with Crippen LogP contribution in [0.5, 0.6) is 0 Å². The van der Waals surface area contributed by atoms with E-state index >= 15 is 0 Å². The zero-order valence-electron chi connectivity index (χ0n) is 20.8. The van der Waals surface area contributed by atoms with Gasteiger partial charge in [-0.3, -0.25) is 9.19 Å². The molecule has 176 valence electrons. The first-order valence-corrected chi connectivity index (χ1v) is 12.5. The van der Waals surface area contributed by atoms with Crippen molar-refractivity contribution in [3.63, 3.8) is 0 Å². The number of aromatic amines is 1. The van der Waals surface area contributed by atoms with Gasteiger partial charge in [-0.2, -0.15) is 0 Å². The van der Waals surface area contributed by atoms with E-state index in [-0.39, 0.29) is 0 Å². The first kappa shape index (κ1) is 27.9. The molecule has 2 aromatic heterocycles. The Balaban J connectivity index is 0.00000101. The number of H-pyrrole nitrogens is 1. The average Bonchev–Trinajstić information content (AvgIpc) is 3.26. The van der Waals surface area contributed by atoms with E-state index in [9.17, 15) is 4.21 Å². The van der Waals surface area contributed by atoms with Crippen molar-refractivity contribution in [2.45, 2.75) is 32.6 Å². The predicted octanol–water partition coefficient (Wildman–Crippen LogP) is 6.27. The Kier molecular flexibility index (Phi) is 12.6. The van der Waals surface area contributed by atoms with Crippen LogP contribution in [0, 0.1) is 0 Å². The molecule has 3 aromatic rings. The normalized spacial score (nSPS) is 11.3. The minimum Gasteiger partial charge on any atom is -0.337 e. The molecule has 2 N–H and O–H groups in total. The fourth-order valence-corrected chi connectivity index (χ4v) is 3.40.